The van der Waals surface area contributed by atoms with Gasteiger partial charge in [0.25, 0.3) is 5.91 Å². The van der Waals surface area contributed by atoms with E-state index in [1.165, 1.54) is 17.7 Å². The second-order valence-electron chi connectivity index (χ2n) is 13.2. The summed E-state index contributed by atoms with van der Waals surface area (Å²) >= 11 is 6.71. The van der Waals surface area contributed by atoms with Gasteiger partial charge in [0.1, 0.15) is 5.82 Å². The third-order valence-electron chi connectivity index (χ3n) is 10.0. The standard InChI is InChI=1S/C35H39ClFN7O2/c1-24(37)33(45)44-19-18-43(20-26(44)10-14-38)32-27-11-17-42(30-9-5-7-25-6-4-8-28(36)31(25)30)21-29(27)39-34(40-32)46-23-35(12-13-35)22-41-15-2-3-16-41/h4-9,26H,1-3,10-13,15-23H2. The molecule has 4 heterocycles. The van der Waals surface area contributed by atoms with E-state index in [1.807, 2.05) is 12.1 Å². The maximum Gasteiger partial charge on any atom is 0.318 e. The number of anilines is 2. The molecular formula is C35H39ClFN7O2. The van der Waals surface area contributed by atoms with Crippen LogP contribution >= 0.6 is 11.6 Å². The molecule has 0 radical (unpaired) electrons. The molecule has 3 aliphatic heterocycles. The van der Waals surface area contributed by atoms with Crippen molar-refractivity contribution < 1.29 is 13.9 Å². The third kappa shape index (κ3) is 6.10. The molecule has 1 aliphatic carbocycles. The fourth-order valence-corrected chi connectivity index (χ4v) is 7.65. The molecule has 3 aromatic rings. The largest absolute Gasteiger partial charge is 0.463 e. The van der Waals surface area contributed by atoms with E-state index in [2.05, 4.69) is 51.6 Å². The average Bonchev–Trinajstić information content (AvgIpc) is 3.64. The van der Waals surface area contributed by atoms with E-state index in [4.69, 9.17) is 26.3 Å². The van der Waals surface area contributed by atoms with Gasteiger partial charge in [-0.15, -0.1) is 0 Å². The number of hydrogen-bond donors (Lipinski definition) is 0. The summed E-state index contributed by atoms with van der Waals surface area (Å²) in [5.41, 5.74) is 3.14. The Hall–Kier alpha value is -3.94. The number of aromatic nitrogens is 2. The molecule has 3 fully saturated rings. The first-order valence-corrected chi connectivity index (χ1v) is 16.7. The van der Waals surface area contributed by atoms with Crippen LogP contribution in [-0.4, -0.2) is 84.1 Å². The highest BCUT2D eigenvalue weighted by molar-refractivity contribution is 6.36. The maximum atomic E-state index is 13.9. The second-order valence-corrected chi connectivity index (χ2v) is 13.6. The number of fused-ring (bicyclic) bond motifs is 2. The van der Waals surface area contributed by atoms with E-state index in [-0.39, 0.29) is 18.4 Å². The van der Waals surface area contributed by atoms with Gasteiger partial charge >= 0.3 is 6.01 Å². The summed E-state index contributed by atoms with van der Waals surface area (Å²) in [7, 11) is 0. The van der Waals surface area contributed by atoms with Gasteiger partial charge in [-0.2, -0.15) is 15.2 Å². The van der Waals surface area contributed by atoms with Crippen LogP contribution in [0.15, 0.2) is 48.8 Å². The lowest BCUT2D eigenvalue weighted by Gasteiger charge is -2.42. The molecule has 2 aromatic carbocycles. The number of nitrogens with zero attached hydrogens (tertiary/aromatic N) is 7. The van der Waals surface area contributed by atoms with Crippen LogP contribution in [0.1, 0.15) is 43.4 Å². The van der Waals surface area contributed by atoms with Gasteiger partial charge in [0.15, 0.2) is 5.83 Å². The van der Waals surface area contributed by atoms with E-state index < -0.39 is 17.8 Å². The molecule has 240 valence electrons. The number of nitriles is 1. The molecule has 1 aromatic heterocycles. The molecule has 9 nitrogen and oxygen atoms in total. The number of ether oxygens (including phenoxy) is 1. The van der Waals surface area contributed by atoms with Crippen LogP contribution in [-0.2, 0) is 17.8 Å². The summed E-state index contributed by atoms with van der Waals surface area (Å²) in [5.74, 6) is -0.997. The molecule has 0 spiro atoms. The van der Waals surface area contributed by atoms with Gasteiger partial charge in [0.2, 0.25) is 0 Å². The zero-order valence-corrected chi connectivity index (χ0v) is 26.8. The highest BCUT2D eigenvalue weighted by Gasteiger charge is 2.45. The Morgan fingerprint density at radius 2 is 1.87 bits per heavy atom. The van der Waals surface area contributed by atoms with Gasteiger partial charge in [-0.25, -0.2) is 4.39 Å². The van der Waals surface area contributed by atoms with Crippen molar-refractivity contribution in [3.63, 3.8) is 0 Å². The minimum absolute atomic E-state index is 0.0841. The molecule has 0 bridgehead atoms. The minimum atomic E-state index is -1.01. The monoisotopic (exact) mass is 643 g/mol. The van der Waals surface area contributed by atoms with Gasteiger partial charge in [0.05, 0.1) is 42.4 Å². The second kappa shape index (κ2) is 12.7. The van der Waals surface area contributed by atoms with Gasteiger partial charge in [-0.3, -0.25) is 4.79 Å². The molecule has 0 N–H and O–H groups in total. The number of hydrogen-bond acceptors (Lipinski definition) is 8. The van der Waals surface area contributed by atoms with Crippen LogP contribution in [0.25, 0.3) is 10.8 Å². The normalized spacial score (nSPS) is 20.8. The van der Waals surface area contributed by atoms with Crippen molar-refractivity contribution in [2.45, 2.75) is 51.1 Å². The van der Waals surface area contributed by atoms with E-state index in [0.29, 0.717) is 43.7 Å². The van der Waals surface area contributed by atoms with Crippen molar-refractivity contribution in [1.82, 2.24) is 19.8 Å². The van der Waals surface area contributed by atoms with Gasteiger partial charge < -0.3 is 24.3 Å². The Morgan fingerprint density at radius 3 is 2.61 bits per heavy atom. The Labute approximate surface area is 274 Å². The number of likely N-dealkylation sites (tertiary alicyclic amines) is 1. The summed E-state index contributed by atoms with van der Waals surface area (Å²) in [5, 5.41) is 12.4. The van der Waals surface area contributed by atoms with E-state index in [1.54, 1.807) is 0 Å². The van der Waals surface area contributed by atoms with Crippen LogP contribution < -0.4 is 14.5 Å². The lowest BCUT2D eigenvalue weighted by Crippen LogP contribution is -2.55. The van der Waals surface area contributed by atoms with Gasteiger partial charge in [-0.1, -0.05) is 42.4 Å². The molecule has 1 atom stereocenters. The Kier molecular flexibility index (Phi) is 8.47. The molecule has 1 amide bonds. The lowest BCUT2D eigenvalue weighted by molar-refractivity contribution is -0.131. The first kappa shape index (κ1) is 30.7. The smallest absolute Gasteiger partial charge is 0.318 e. The number of amides is 1. The lowest BCUT2D eigenvalue weighted by atomic mass is 10.0. The number of carbonyl (C=O) groups excluding carboxylic acids is 1. The highest BCUT2D eigenvalue weighted by atomic mass is 35.5. The maximum absolute atomic E-state index is 13.9. The minimum Gasteiger partial charge on any atom is -0.463 e. The predicted octanol–water partition coefficient (Wildman–Crippen LogP) is 5.51. The van der Waals surface area contributed by atoms with Crippen molar-refractivity contribution in [2.24, 2.45) is 5.41 Å². The van der Waals surface area contributed by atoms with Crippen molar-refractivity contribution in [3.05, 3.63) is 65.1 Å². The number of halogens is 2. The Morgan fingerprint density at radius 1 is 1.09 bits per heavy atom. The van der Waals surface area contributed by atoms with Crippen molar-refractivity contribution >= 4 is 39.8 Å². The summed E-state index contributed by atoms with van der Waals surface area (Å²) < 4.78 is 20.3. The SMILES string of the molecule is C=C(F)C(=O)N1CCN(c2nc(OCC3(CN4CCCC4)CC3)nc3c2CCN(c2cccc4cccc(Cl)c24)C3)CC1CC#N. The molecule has 4 aliphatic rings. The summed E-state index contributed by atoms with van der Waals surface area (Å²) in [6.45, 7) is 9.51. The van der Waals surface area contributed by atoms with Crippen molar-refractivity contribution in [2.75, 3.05) is 62.2 Å². The van der Waals surface area contributed by atoms with E-state index >= 15 is 0 Å². The highest BCUT2D eigenvalue weighted by Crippen LogP contribution is 2.47. The first-order valence-electron chi connectivity index (χ1n) is 16.3. The van der Waals surface area contributed by atoms with Crippen LogP contribution in [0.5, 0.6) is 6.01 Å². The quantitative estimate of drug-likeness (QED) is 0.282. The fraction of sp³-hybridized carbons (Fsp3) is 0.486. The fourth-order valence-electron chi connectivity index (χ4n) is 7.37. The molecular weight excluding hydrogens is 605 g/mol. The summed E-state index contributed by atoms with van der Waals surface area (Å²) in [4.78, 5) is 31.0. The van der Waals surface area contributed by atoms with Crippen molar-refractivity contribution in [3.8, 4) is 12.1 Å². The topological polar surface area (TPSA) is 88.8 Å². The number of benzene rings is 2. The number of piperazine rings is 1. The third-order valence-corrected chi connectivity index (χ3v) is 10.3. The van der Waals surface area contributed by atoms with Crippen molar-refractivity contribution in [1.29, 1.82) is 5.26 Å². The first-order chi connectivity index (χ1) is 22.3. The zero-order valence-electron chi connectivity index (χ0n) is 26.1. The van der Waals surface area contributed by atoms with Crippen LogP contribution in [0.2, 0.25) is 5.02 Å². The average molecular weight is 644 g/mol. The molecule has 46 heavy (non-hydrogen) atoms. The van der Waals surface area contributed by atoms with Crippen LogP contribution in [0.3, 0.4) is 0 Å². The summed E-state index contributed by atoms with van der Waals surface area (Å²) in [6.07, 6.45) is 5.59. The molecule has 11 heteroatoms. The van der Waals surface area contributed by atoms with Crippen LogP contribution in [0.4, 0.5) is 15.9 Å². The molecule has 1 unspecified atom stereocenters. The number of rotatable bonds is 9. The van der Waals surface area contributed by atoms with Gasteiger partial charge in [-0.05, 0) is 62.7 Å². The number of carbonyl (C=O) groups is 1. The molecule has 2 saturated heterocycles. The van der Waals surface area contributed by atoms with Crippen LogP contribution in [0, 0.1) is 16.7 Å². The molecule has 1 saturated carbocycles. The zero-order chi connectivity index (χ0) is 31.8. The predicted molar refractivity (Wildman–Crippen MR) is 177 cm³/mol. The van der Waals surface area contributed by atoms with E-state index in [0.717, 1.165) is 72.6 Å². The summed E-state index contributed by atoms with van der Waals surface area (Å²) in [6, 6.07) is 14.2. The Bertz CT molecular complexity index is 1690. The van der Waals surface area contributed by atoms with E-state index in [9.17, 15) is 14.4 Å². The Balaban J connectivity index is 1.20. The molecule has 7 rings (SSSR count). The van der Waals surface area contributed by atoms with Gasteiger partial charge in [0, 0.05) is 54.8 Å².